The maximum absolute atomic E-state index is 12.3. The van der Waals surface area contributed by atoms with Gasteiger partial charge in [0.15, 0.2) is 11.7 Å². The number of aliphatic imine (C=N–C) groups is 1. The van der Waals surface area contributed by atoms with Crippen molar-refractivity contribution in [3.63, 3.8) is 0 Å². The van der Waals surface area contributed by atoms with Crippen LogP contribution in [0.3, 0.4) is 0 Å². The molecule has 2 heterocycles. The lowest BCUT2D eigenvalue weighted by Gasteiger charge is -2.36. The van der Waals surface area contributed by atoms with E-state index >= 15 is 0 Å². The number of hydrogen-bond acceptors (Lipinski definition) is 4. The van der Waals surface area contributed by atoms with Gasteiger partial charge in [-0.15, -0.1) is 6.58 Å². The minimum atomic E-state index is -0.0394. The molecule has 24 heavy (non-hydrogen) atoms. The normalized spacial score (nSPS) is 15.5. The lowest BCUT2D eigenvalue weighted by Crippen LogP contribution is -2.53. The summed E-state index contributed by atoms with van der Waals surface area (Å²) in [6.45, 7) is 10.3. The Morgan fingerprint density at radius 3 is 2.79 bits per heavy atom. The van der Waals surface area contributed by atoms with E-state index in [0.717, 1.165) is 43.6 Å². The van der Waals surface area contributed by atoms with Crippen molar-refractivity contribution in [3.05, 3.63) is 36.8 Å². The van der Waals surface area contributed by atoms with Gasteiger partial charge in [0.2, 0.25) is 0 Å². The number of hydrogen-bond donors (Lipinski definition) is 1. The zero-order valence-corrected chi connectivity index (χ0v) is 15.1. The standard InChI is InChI=1S/C17H26N4O2S/c1-3-13-24-14-7-19-17(18-4-2)21-10-8-20(9-11-21)16(22)15-6-5-12-23-15/h3,5-6,12H,1,4,7-11,13-14H2,2H3,(H,18,19). The number of carbonyl (C=O) groups is 1. The summed E-state index contributed by atoms with van der Waals surface area (Å²) in [6.07, 6.45) is 3.44. The zero-order chi connectivity index (χ0) is 17.2. The fraction of sp³-hybridized carbons (Fsp3) is 0.529. The summed E-state index contributed by atoms with van der Waals surface area (Å²) >= 11 is 1.83. The van der Waals surface area contributed by atoms with Gasteiger partial charge in [-0.3, -0.25) is 9.79 Å². The Labute approximate surface area is 148 Å². The Hall–Kier alpha value is -1.89. The Kier molecular flexibility index (Phi) is 7.74. The highest BCUT2D eigenvalue weighted by Gasteiger charge is 2.24. The molecular weight excluding hydrogens is 324 g/mol. The van der Waals surface area contributed by atoms with E-state index in [1.165, 1.54) is 6.26 Å². The van der Waals surface area contributed by atoms with Gasteiger partial charge >= 0.3 is 0 Å². The molecule has 1 aromatic heterocycles. The first-order valence-electron chi connectivity index (χ1n) is 8.31. The SMILES string of the molecule is C=CCSCCN=C(NCC)N1CCN(C(=O)c2ccco2)CC1. The van der Waals surface area contributed by atoms with Crippen molar-refractivity contribution in [2.75, 3.05) is 50.8 Å². The molecule has 2 rings (SSSR count). The van der Waals surface area contributed by atoms with Crippen LogP contribution in [0.4, 0.5) is 0 Å². The van der Waals surface area contributed by atoms with Gasteiger partial charge in [-0.2, -0.15) is 11.8 Å². The maximum atomic E-state index is 12.3. The fourth-order valence-corrected chi connectivity index (χ4v) is 3.04. The molecule has 1 saturated heterocycles. The van der Waals surface area contributed by atoms with Crippen LogP contribution < -0.4 is 5.32 Å². The molecule has 0 aromatic carbocycles. The van der Waals surface area contributed by atoms with Gasteiger partial charge in [0.1, 0.15) is 0 Å². The lowest BCUT2D eigenvalue weighted by molar-refractivity contribution is 0.0657. The molecule has 0 atom stereocenters. The van der Waals surface area contributed by atoms with Crippen LogP contribution in [0.5, 0.6) is 0 Å². The van der Waals surface area contributed by atoms with Crippen LogP contribution in [0.2, 0.25) is 0 Å². The average Bonchev–Trinajstić information content (AvgIpc) is 3.15. The summed E-state index contributed by atoms with van der Waals surface area (Å²) in [5.74, 6) is 3.24. The Morgan fingerprint density at radius 1 is 1.42 bits per heavy atom. The monoisotopic (exact) mass is 350 g/mol. The molecular formula is C17H26N4O2S. The first-order chi connectivity index (χ1) is 11.8. The third kappa shape index (κ3) is 5.33. The summed E-state index contributed by atoms with van der Waals surface area (Å²) in [5.41, 5.74) is 0. The molecule has 1 N–H and O–H groups in total. The molecule has 0 saturated carbocycles. The molecule has 1 aliphatic heterocycles. The summed E-state index contributed by atoms with van der Waals surface area (Å²) in [6, 6.07) is 3.45. The van der Waals surface area contributed by atoms with Gasteiger partial charge in [0.05, 0.1) is 12.8 Å². The van der Waals surface area contributed by atoms with Crippen LogP contribution in [0.15, 0.2) is 40.5 Å². The molecule has 0 unspecified atom stereocenters. The molecule has 1 amide bonds. The van der Waals surface area contributed by atoms with Gasteiger partial charge in [-0.05, 0) is 19.1 Å². The van der Waals surface area contributed by atoms with E-state index in [0.29, 0.717) is 18.8 Å². The quantitative estimate of drug-likeness (QED) is 0.352. The van der Waals surface area contributed by atoms with E-state index in [1.54, 1.807) is 12.1 Å². The van der Waals surface area contributed by atoms with Gasteiger partial charge in [-0.25, -0.2) is 0 Å². The van der Waals surface area contributed by atoms with Crippen molar-refractivity contribution >= 4 is 23.6 Å². The number of furan rings is 1. The number of carbonyl (C=O) groups excluding carboxylic acids is 1. The molecule has 0 aliphatic carbocycles. The van der Waals surface area contributed by atoms with E-state index in [2.05, 4.69) is 28.7 Å². The first kappa shape index (κ1) is 18.4. The minimum absolute atomic E-state index is 0.0394. The highest BCUT2D eigenvalue weighted by Crippen LogP contribution is 2.09. The lowest BCUT2D eigenvalue weighted by atomic mass is 10.3. The predicted molar refractivity (Wildman–Crippen MR) is 99.7 cm³/mol. The zero-order valence-electron chi connectivity index (χ0n) is 14.2. The van der Waals surface area contributed by atoms with Crippen molar-refractivity contribution in [1.29, 1.82) is 0 Å². The Morgan fingerprint density at radius 2 is 2.17 bits per heavy atom. The molecule has 0 spiro atoms. The minimum Gasteiger partial charge on any atom is -0.459 e. The fourth-order valence-electron chi connectivity index (χ4n) is 2.49. The van der Waals surface area contributed by atoms with Crippen LogP contribution in [0.1, 0.15) is 17.5 Å². The predicted octanol–water partition coefficient (Wildman–Crippen LogP) is 1.92. The smallest absolute Gasteiger partial charge is 0.289 e. The number of thioether (sulfide) groups is 1. The number of amides is 1. The van der Waals surface area contributed by atoms with Crippen LogP contribution >= 0.6 is 11.8 Å². The van der Waals surface area contributed by atoms with Crippen LogP contribution in [-0.4, -0.2) is 72.4 Å². The number of nitrogens with one attached hydrogen (secondary N) is 1. The average molecular weight is 350 g/mol. The summed E-state index contributed by atoms with van der Waals surface area (Å²) in [7, 11) is 0. The second-order valence-corrected chi connectivity index (χ2v) is 6.51. The van der Waals surface area contributed by atoms with Crippen LogP contribution in [-0.2, 0) is 0 Å². The van der Waals surface area contributed by atoms with Gasteiger partial charge < -0.3 is 19.5 Å². The number of guanidine groups is 1. The van der Waals surface area contributed by atoms with Crippen molar-refractivity contribution in [3.8, 4) is 0 Å². The third-order valence-electron chi connectivity index (χ3n) is 3.67. The summed E-state index contributed by atoms with van der Waals surface area (Å²) < 4.78 is 5.20. The largest absolute Gasteiger partial charge is 0.459 e. The van der Waals surface area contributed by atoms with Gasteiger partial charge in [-0.1, -0.05) is 6.08 Å². The van der Waals surface area contributed by atoms with Crippen LogP contribution in [0, 0.1) is 0 Å². The molecule has 0 radical (unpaired) electrons. The van der Waals surface area contributed by atoms with Crippen molar-refractivity contribution < 1.29 is 9.21 Å². The molecule has 1 fully saturated rings. The Balaban J connectivity index is 1.84. The topological polar surface area (TPSA) is 61.1 Å². The molecule has 7 heteroatoms. The third-order valence-corrected chi connectivity index (χ3v) is 4.61. The number of piperazine rings is 1. The molecule has 0 bridgehead atoms. The van der Waals surface area contributed by atoms with E-state index < -0.39 is 0 Å². The summed E-state index contributed by atoms with van der Waals surface area (Å²) in [5, 5.41) is 3.34. The van der Waals surface area contributed by atoms with E-state index in [9.17, 15) is 4.79 Å². The van der Waals surface area contributed by atoms with Crippen molar-refractivity contribution in [2.45, 2.75) is 6.92 Å². The highest BCUT2D eigenvalue weighted by atomic mass is 32.2. The second kappa shape index (κ2) is 10.1. The Bertz CT molecular complexity index is 537. The van der Waals surface area contributed by atoms with E-state index in [1.807, 2.05) is 22.7 Å². The first-order valence-corrected chi connectivity index (χ1v) is 9.46. The number of nitrogens with zero attached hydrogens (tertiary/aromatic N) is 3. The van der Waals surface area contributed by atoms with Crippen molar-refractivity contribution in [1.82, 2.24) is 15.1 Å². The van der Waals surface area contributed by atoms with Crippen LogP contribution in [0.25, 0.3) is 0 Å². The van der Waals surface area contributed by atoms with Crippen molar-refractivity contribution in [2.24, 2.45) is 4.99 Å². The molecule has 1 aliphatic rings. The van der Waals surface area contributed by atoms with Gasteiger partial charge in [0, 0.05) is 44.2 Å². The maximum Gasteiger partial charge on any atom is 0.289 e. The molecule has 6 nitrogen and oxygen atoms in total. The number of rotatable bonds is 7. The summed E-state index contributed by atoms with van der Waals surface area (Å²) in [4.78, 5) is 21.0. The molecule has 1 aromatic rings. The van der Waals surface area contributed by atoms with E-state index in [-0.39, 0.29) is 5.91 Å². The van der Waals surface area contributed by atoms with E-state index in [4.69, 9.17) is 4.42 Å². The molecule has 132 valence electrons. The van der Waals surface area contributed by atoms with Gasteiger partial charge in [0.25, 0.3) is 5.91 Å². The second-order valence-electron chi connectivity index (χ2n) is 5.36. The highest BCUT2D eigenvalue weighted by molar-refractivity contribution is 7.99.